The number of benzene rings is 1. The third-order valence-corrected chi connectivity index (χ3v) is 3.01. The molecule has 0 spiro atoms. The lowest BCUT2D eigenvalue weighted by Gasteiger charge is -2.15. The average Bonchev–Trinajstić information content (AvgIpc) is 2.78. The number of aliphatic carboxylic acids is 1. The van der Waals surface area contributed by atoms with Gasteiger partial charge in [-0.05, 0) is 23.8 Å². The second-order valence-corrected chi connectivity index (χ2v) is 4.57. The molecule has 0 aliphatic rings. The number of carboxylic acid groups (broad SMARTS) is 1. The van der Waals surface area contributed by atoms with Gasteiger partial charge in [0, 0.05) is 23.5 Å². The molecule has 2 rings (SSSR count). The highest BCUT2D eigenvalue weighted by molar-refractivity contribution is 5.88. The minimum absolute atomic E-state index is 0.352. The summed E-state index contributed by atoms with van der Waals surface area (Å²) in [7, 11) is 0. The standard InChI is InChI=1S/C13H10F4N2O3/c14-7-1-2-8-6(5-18-9(8)4-7)3-10(11(20)21)19-12(22)13(15,16)17/h1-2,4-5,10,18H,3H2,(H,19,22)(H,20,21). The second kappa shape index (κ2) is 5.66. The summed E-state index contributed by atoms with van der Waals surface area (Å²) in [6.45, 7) is 0. The molecule has 3 N–H and O–H groups in total. The summed E-state index contributed by atoms with van der Waals surface area (Å²) >= 11 is 0. The van der Waals surface area contributed by atoms with E-state index in [0.717, 1.165) is 6.07 Å². The summed E-state index contributed by atoms with van der Waals surface area (Å²) in [5, 5.41) is 10.8. The lowest BCUT2D eigenvalue weighted by Crippen LogP contribution is -2.47. The van der Waals surface area contributed by atoms with Gasteiger partial charge < -0.3 is 15.4 Å². The van der Waals surface area contributed by atoms with Crippen molar-refractivity contribution in [2.24, 2.45) is 0 Å². The highest BCUT2D eigenvalue weighted by Gasteiger charge is 2.40. The third kappa shape index (κ3) is 3.35. The van der Waals surface area contributed by atoms with Gasteiger partial charge in [0.1, 0.15) is 11.9 Å². The first kappa shape index (κ1) is 15.8. The van der Waals surface area contributed by atoms with Gasteiger partial charge in [-0.2, -0.15) is 13.2 Å². The second-order valence-electron chi connectivity index (χ2n) is 4.57. The Morgan fingerprint density at radius 3 is 2.59 bits per heavy atom. The fourth-order valence-electron chi connectivity index (χ4n) is 1.99. The van der Waals surface area contributed by atoms with Gasteiger partial charge >= 0.3 is 18.1 Å². The molecule has 0 aliphatic heterocycles. The number of amides is 1. The molecule has 1 aromatic heterocycles. The molecular formula is C13H10F4N2O3. The zero-order chi connectivity index (χ0) is 16.5. The number of halogens is 4. The van der Waals surface area contributed by atoms with E-state index < -0.39 is 29.9 Å². The van der Waals surface area contributed by atoms with Crippen LogP contribution in [0.25, 0.3) is 10.9 Å². The van der Waals surface area contributed by atoms with Crippen LogP contribution in [-0.4, -0.2) is 34.2 Å². The van der Waals surface area contributed by atoms with Gasteiger partial charge in [0.2, 0.25) is 0 Å². The molecular weight excluding hydrogens is 308 g/mol. The first-order chi connectivity index (χ1) is 10.2. The number of fused-ring (bicyclic) bond motifs is 1. The van der Waals surface area contributed by atoms with Crippen molar-refractivity contribution in [3.8, 4) is 0 Å². The van der Waals surface area contributed by atoms with E-state index in [2.05, 4.69) is 4.98 Å². The predicted molar refractivity (Wildman–Crippen MR) is 67.6 cm³/mol. The van der Waals surface area contributed by atoms with Gasteiger partial charge in [-0.1, -0.05) is 0 Å². The monoisotopic (exact) mass is 318 g/mol. The van der Waals surface area contributed by atoms with Gasteiger partial charge in [-0.25, -0.2) is 9.18 Å². The number of aromatic nitrogens is 1. The Balaban J connectivity index is 2.23. The summed E-state index contributed by atoms with van der Waals surface area (Å²) in [6.07, 6.45) is -4.18. The van der Waals surface area contributed by atoms with Crippen molar-refractivity contribution in [3.63, 3.8) is 0 Å². The molecule has 0 saturated heterocycles. The van der Waals surface area contributed by atoms with Crippen LogP contribution >= 0.6 is 0 Å². The van der Waals surface area contributed by atoms with Crippen molar-refractivity contribution in [2.75, 3.05) is 0 Å². The lowest BCUT2D eigenvalue weighted by atomic mass is 10.0. The molecule has 0 bridgehead atoms. The van der Waals surface area contributed by atoms with E-state index in [1.807, 2.05) is 0 Å². The largest absolute Gasteiger partial charge is 0.480 e. The maximum atomic E-state index is 13.0. The highest BCUT2D eigenvalue weighted by Crippen LogP contribution is 2.21. The van der Waals surface area contributed by atoms with E-state index in [1.54, 1.807) is 0 Å². The first-order valence-electron chi connectivity index (χ1n) is 6.04. The molecule has 2 aromatic rings. The molecule has 118 valence electrons. The van der Waals surface area contributed by atoms with Crippen molar-refractivity contribution < 1.29 is 32.3 Å². The number of hydrogen-bond acceptors (Lipinski definition) is 2. The van der Waals surface area contributed by atoms with Gasteiger partial charge in [0.05, 0.1) is 0 Å². The van der Waals surface area contributed by atoms with Crippen LogP contribution in [0.1, 0.15) is 5.56 Å². The average molecular weight is 318 g/mol. The number of H-pyrrole nitrogens is 1. The number of rotatable bonds is 4. The van der Waals surface area contributed by atoms with Crippen LogP contribution in [0.15, 0.2) is 24.4 Å². The Hall–Kier alpha value is -2.58. The smallest absolute Gasteiger partial charge is 0.471 e. The summed E-state index contributed by atoms with van der Waals surface area (Å²) in [4.78, 5) is 24.6. The van der Waals surface area contributed by atoms with Gasteiger partial charge in [-0.3, -0.25) is 4.79 Å². The van der Waals surface area contributed by atoms with Gasteiger partial charge in [0.25, 0.3) is 0 Å². The molecule has 0 saturated carbocycles. The number of hydrogen-bond donors (Lipinski definition) is 3. The number of carbonyl (C=O) groups is 2. The minimum atomic E-state index is -5.17. The Bertz CT molecular complexity index is 724. The fraction of sp³-hybridized carbons (Fsp3) is 0.231. The van der Waals surface area contributed by atoms with Crippen LogP contribution in [0.5, 0.6) is 0 Å². The number of carbonyl (C=O) groups excluding carboxylic acids is 1. The molecule has 1 aromatic carbocycles. The topological polar surface area (TPSA) is 82.2 Å². The molecule has 5 nitrogen and oxygen atoms in total. The molecule has 9 heteroatoms. The van der Waals surface area contributed by atoms with E-state index in [1.165, 1.54) is 23.6 Å². The fourth-order valence-corrected chi connectivity index (χ4v) is 1.99. The number of aromatic amines is 1. The molecule has 0 aliphatic carbocycles. The van der Waals surface area contributed by atoms with Crippen molar-refractivity contribution in [1.29, 1.82) is 0 Å². The summed E-state index contributed by atoms with van der Waals surface area (Å²) in [5.74, 6) is -4.44. The van der Waals surface area contributed by atoms with Crippen molar-refractivity contribution in [3.05, 3.63) is 35.8 Å². The summed E-state index contributed by atoms with van der Waals surface area (Å²) in [6, 6.07) is 1.94. The molecule has 22 heavy (non-hydrogen) atoms. The van der Waals surface area contributed by atoms with E-state index in [9.17, 15) is 27.2 Å². The van der Waals surface area contributed by atoms with Crippen LogP contribution in [0.2, 0.25) is 0 Å². The maximum absolute atomic E-state index is 13.0. The van der Waals surface area contributed by atoms with Crippen molar-refractivity contribution >= 4 is 22.8 Å². The minimum Gasteiger partial charge on any atom is -0.480 e. The van der Waals surface area contributed by atoms with Crippen LogP contribution in [0.4, 0.5) is 17.6 Å². The molecule has 1 unspecified atom stereocenters. The third-order valence-electron chi connectivity index (χ3n) is 3.01. The Labute approximate surface area is 120 Å². The van der Waals surface area contributed by atoms with Crippen molar-refractivity contribution in [2.45, 2.75) is 18.6 Å². The Morgan fingerprint density at radius 1 is 1.32 bits per heavy atom. The maximum Gasteiger partial charge on any atom is 0.471 e. The van der Waals surface area contributed by atoms with Crippen molar-refractivity contribution in [1.82, 2.24) is 10.3 Å². The molecule has 1 atom stereocenters. The molecule has 0 fully saturated rings. The molecule has 0 radical (unpaired) electrons. The quantitative estimate of drug-likeness (QED) is 0.754. The number of alkyl halides is 3. The Morgan fingerprint density at radius 2 is 2.00 bits per heavy atom. The van der Waals surface area contributed by atoms with E-state index in [-0.39, 0.29) is 6.42 Å². The van der Waals surface area contributed by atoms with E-state index in [0.29, 0.717) is 16.5 Å². The highest BCUT2D eigenvalue weighted by atomic mass is 19.4. The van der Waals surface area contributed by atoms with E-state index in [4.69, 9.17) is 5.11 Å². The first-order valence-corrected chi connectivity index (χ1v) is 6.04. The predicted octanol–water partition coefficient (Wildman–Crippen LogP) is 1.98. The molecule has 1 heterocycles. The summed E-state index contributed by atoms with van der Waals surface area (Å²) < 4.78 is 49.6. The SMILES string of the molecule is O=C(O)C(Cc1c[nH]c2cc(F)ccc12)NC(=O)C(F)(F)F. The number of carboxylic acids is 1. The Kier molecular flexibility index (Phi) is 4.07. The zero-order valence-electron chi connectivity index (χ0n) is 10.9. The zero-order valence-corrected chi connectivity index (χ0v) is 10.9. The van der Waals surface area contributed by atoms with E-state index >= 15 is 0 Å². The van der Waals surface area contributed by atoms with Crippen LogP contribution < -0.4 is 5.32 Å². The molecule has 1 amide bonds. The number of nitrogens with one attached hydrogen (secondary N) is 2. The van der Waals surface area contributed by atoms with Crippen LogP contribution in [0, 0.1) is 5.82 Å². The van der Waals surface area contributed by atoms with Gasteiger partial charge in [-0.15, -0.1) is 0 Å². The van der Waals surface area contributed by atoms with Crippen LogP contribution in [0.3, 0.4) is 0 Å². The van der Waals surface area contributed by atoms with Gasteiger partial charge in [0.15, 0.2) is 0 Å². The summed E-state index contributed by atoms with van der Waals surface area (Å²) in [5.41, 5.74) is 0.728. The van der Waals surface area contributed by atoms with Crippen LogP contribution in [-0.2, 0) is 16.0 Å². The lowest BCUT2D eigenvalue weighted by molar-refractivity contribution is -0.175. The normalized spacial score (nSPS) is 13.1.